The van der Waals surface area contributed by atoms with Gasteiger partial charge in [0.1, 0.15) is 6.07 Å². The van der Waals surface area contributed by atoms with E-state index < -0.39 is 0 Å². The molecular weight excluding hydrogens is 336 g/mol. The van der Waals surface area contributed by atoms with Crippen LogP contribution in [0.4, 0.5) is 5.88 Å². The predicted molar refractivity (Wildman–Crippen MR) is 101 cm³/mol. The van der Waals surface area contributed by atoms with Gasteiger partial charge in [0, 0.05) is 25.2 Å². The maximum absolute atomic E-state index is 9.48. The fourth-order valence-corrected chi connectivity index (χ4v) is 3.18. The van der Waals surface area contributed by atoms with E-state index in [4.69, 9.17) is 4.42 Å². The summed E-state index contributed by atoms with van der Waals surface area (Å²) < 4.78 is 6.06. The predicted octanol–water partition coefficient (Wildman–Crippen LogP) is 3.59. The van der Waals surface area contributed by atoms with Crippen molar-refractivity contribution in [3.63, 3.8) is 0 Å². The van der Waals surface area contributed by atoms with Gasteiger partial charge in [0.15, 0.2) is 0 Å². The van der Waals surface area contributed by atoms with Crippen LogP contribution < -0.4 is 10.2 Å². The van der Waals surface area contributed by atoms with Gasteiger partial charge in [-0.15, -0.1) is 12.4 Å². The van der Waals surface area contributed by atoms with E-state index in [9.17, 15) is 5.26 Å². The van der Waals surface area contributed by atoms with Gasteiger partial charge >= 0.3 is 0 Å². The second kappa shape index (κ2) is 7.56. The number of rotatable bonds is 2. The van der Waals surface area contributed by atoms with Crippen LogP contribution in [0.25, 0.3) is 22.2 Å². The average Bonchev–Trinajstić information content (AvgIpc) is 2.87. The van der Waals surface area contributed by atoms with Crippen LogP contribution in [0.5, 0.6) is 0 Å². The van der Waals surface area contributed by atoms with E-state index in [0.717, 1.165) is 48.9 Å². The average molecular weight is 355 g/mol. The van der Waals surface area contributed by atoms with Gasteiger partial charge in [-0.2, -0.15) is 10.2 Å². The number of nitriles is 1. The molecule has 1 fully saturated rings. The van der Waals surface area contributed by atoms with Crippen LogP contribution in [0.3, 0.4) is 0 Å². The van der Waals surface area contributed by atoms with Crippen molar-refractivity contribution in [1.82, 2.24) is 10.3 Å². The first-order valence-corrected chi connectivity index (χ1v) is 8.21. The molecule has 0 saturated carbocycles. The topological polar surface area (TPSA) is 65.1 Å². The normalized spacial score (nSPS) is 14.6. The third-order valence-electron chi connectivity index (χ3n) is 4.36. The Morgan fingerprint density at radius 1 is 1.08 bits per heavy atom. The first-order valence-electron chi connectivity index (χ1n) is 8.21. The maximum Gasteiger partial charge on any atom is 0.235 e. The Kier molecular flexibility index (Phi) is 5.22. The summed E-state index contributed by atoms with van der Waals surface area (Å²) in [6.45, 7) is 3.56. The van der Waals surface area contributed by atoms with E-state index in [2.05, 4.69) is 39.5 Å². The second-order valence-electron chi connectivity index (χ2n) is 5.90. The minimum atomic E-state index is 0. The lowest BCUT2D eigenvalue weighted by Crippen LogP contribution is -2.28. The summed E-state index contributed by atoms with van der Waals surface area (Å²) in [6.07, 6.45) is 1.02. The van der Waals surface area contributed by atoms with Gasteiger partial charge in [0.25, 0.3) is 0 Å². The van der Waals surface area contributed by atoms with Gasteiger partial charge in [0.05, 0.1) is 0 Å². The molecule has 0 bridgehead atoms. The Morgan fingerprint density at radius 3 is 2.80 bits per heavy atom. The van der Waals surface area contributed by atoms with Crippen LogP contribution in [-0.2, 0) is 0 Å². The van der Waals surface area contributed by atoms with Crippen molar-refractivity contribution >= 4 is 29.1 Å². The lowest BCUT2D eigenvalue weighted by Gasteiger charge is -2.18. The molecule has 0 unspecified atom stereocenters. The first kappa shape index (κ1) is 17.3. The van der Waals surface area contributed by atoms with Gasteiger partial charge in [0.2, 0.25) is 17.5 Å². The van der Waals surface area contributed by atoms with E-state index in [1.54, 1.807) is 0 Å². The Hall–Kier alpha value is -2.55. The molecule has 2 heterocycles. The minimum Gasteiger partial charge on any atom is -0.419 e. The quantitative estimate of drug-likeness (QED) is 0.761. The van der Waals surface area contributed by atoms with E-state index >= 15 is 0 Å². The van der Waals surface area contributed by atoms with Crippen molar-refractivity contribution in [2.24, 2.45) is 0 Å². The maximum atomic E-state index is 9.48. The Labute approximate surface area is 152 Å². The highest BCUT2D eigenvalue weighted by molar-refractivity contribution is 5.94. The number of nitrogens with zero attached hydrogens (tertiary/aromatic N) is 3. The Balaban J connectivity index is 0.00000182. The number of halogens is 1. The summed E-state index contributed by atoms with van der Waals surface area (Å²) in [7, 11) is 0. The number of anilines is 1. The molecule has 1 saturated heterocycles. The highest BCUT2D eigenvalue weighted by Crippen LogP contribution is 2.32. The van der Waals surface area contributed by atoms with Crippen molar-refractivity contribution in [2.45, 2.75) is 6.42 Å². The molecule has 128 valence electrons. The molecule has 1 aliphatic rings. The summed E-state index contributed by atoms with van der Waals surface area (Å²) in [6, 6.07) is 16.4. The highest BCUT2D eigenvalue weighted by Gasteiger charge is 2.22. The van der Waals surface area contributed by atoms with Crippen LogP contribution in [-0.4, -0.2) is 31.2 Å². The molecule has 3 aromatic rings. The van der Waals surface area contributed by atoms with E-state index in [1.807, 2.05) is 24.3 Å². The molecule has 0 amide bonds. The third kappa shape index (κ3) is 3.32. The van der Waals surface area contributed by atoms with Crippen LogP contribution in [0.15, 0.2) is 46.9 Å². The molecule has 2 aromatic carbocycles. The van der Waals surface area contributed by atoms with Gasteiger partial charge in [-0.25, -0.2) is 0 Å². The Bertz CT molecular complexity index is 902. The number of oxazole rings is 1. The molecule has 25 heavy (non-hydrogen) atoms. The monoisotopic (exact) mass is 354 g/mol. The van der Waals surface area contributed by atoms with Gasteiger partial charge in [-0.05, 0) is 29.8 Å². The van der Waals surface area contributed by atoms with Gasteiger partial charge in [-0.3, -0.25) is 0 Å². The zero-order chi connectivity index (χ0) is 16.4. The number of fused-ring (bicyclic) bond motifs is 1. The lowest BCUT2D eigenvalue weighted by molar-refractivity contribution is 0.553. The van der Waals surface area contributed by atoms with Crippen LogP contribution >= 0.6 is 12.4 Å². The van der Waals surface area contributed by atoms with Crippen LogP contribution in [0, 0.1) is 11.3 Å². The lowest BCUT2D eigenvalue weighted by atomic mass is 10.0. The smallest absolute Gasteiger partial charge is 0.235 e. The molecule has 5 nitrogen and oxygen atoms in total. The molecule has 0 radical (unpaired) electrons. The largest absolute Gasteiger partial charge is 0.419 e. The van der Waals surface area contributed by atoms with Crippen molar-refractivity contribution in [1.29, 1.82) is 5.26 Å². The molecule has 0 atom stereocenters. The summed E-state index contributed by atoms with van der Waals surface area (Å²) in [5, 5.41) is 15.0. The molecule has 0 spiro atoms. The van der Waals surface area contributed by atoms with Crippen LogP contribution in [0.2, 0.25) is 0 Å². The SMILES string of the molecule is Cl.N#Cc1nc(-c2cccc3ccccc23)oc1N1CCCNCC1. The zero-order valence-corrected chi connectivity index (χ0v) is 14.6. The Morgan fingerprint density at radius 2 is 1.92 bits per heavy atom. The molecule has 1 N–H and O–H groups in total. The van der Waals surface area contributed by atoms with E-state index in [-0.39, 0.29) is 12.4 Å². The fraction of sp³-hybridized carbons (Fsp3) is 0.263. The summed E-state index contributed by atoms with van der Waals surface area (Å²) >= 11 is 0. The van der Waals surface area contributed by atoms with Crippen molar-refractivity contribution in [2.75, 3.05) is 31.1 Å². The van der Waals surface area contributed by atoms with E-state index in [1.165, 1.54) is 0 Å². The summed E-state index contributed by atoms with van der Waals surface area (Å²) in [5.41, 5.74) is 1.28. The van der Waals surface area contributed by atoms with Crippen molar-refractivity contribution < 1.29 is 4.42 Å². The first-order chi connectivity index (χ1) is 11.9. The van der Waals surface area contributed by atoms with Gasteiger partial charge in [-0.1, -0.05) is 36.4 Å². The van der Waals surface area contributed by atoms with Crippen molar-refractivity contribution in [3.8, 4) is 17.5 Å². The molecule has 6 heteroatoms. The minimum absolute atomic E-state index is 0. The number of benzene rings is 2. The molecular formula is C19H19ClN4O. The number of nitrogens with one attached hydrogen (secondary N) is 1. The van der Waals surface area contributed by atoms with E-state index in [0.29, 0.717) is 17.5 Å². The number of hydrogen-bond acceptors (Lipinski definition) is 5. The molecule has 0 aliphatic carbocycles. The molecule has 1 aromatic heterocycles. The fourth-order valence-electron chi connectivity index (χ4n) is 3.18. The third-order valence-corrected chi connectivity index (χ3v) is 4.36. The standard InChI is InChI=1S/C19H18N4O.ClH/c20-13-17-19(23-11-4-9-21-10-12-23)24-18(22-17)16-8-3-6-14-5-1-2-7-15(14)16;/h1-3,5-8,21H,4,9-12H2;1H. The van der Waals surface area contributed by atoms with Gasteiger partial charge < -0.3 is 14.6 Å². The zero-order valence-electron chi connectivity index (χ0n) is 13.7. The second-order valence-corrected chi connectivity index (χ2v) is 5.90. The number of hydrogen-bond donors (Lipinski definition) is 1. The molecule has 1 aliphatic heterocycles. The van der Waals surface area contributed by atoms with Crippen molar-refractivity contribution in [3.05, 3.63) is 48.2 Å². The van der Waals surface area contributed by atoms with Crippen LogP contribution in [0.1, 0.15) is 12.1 Å². The summed E-state index contributed by atoms with van der Waals surface area (Å²) in [5.74, 6) is 1.10. The number of aromatic nitrogens is 1. The summed E-state index contributed by atoms with van der Waals surface area (Å²) in [4.78, 5) is 6.58. The highest BCUT2D eigenvalue weighted by atomic mass is 35.5. The molecule has 4 rings (SSSR count).